The number of rotatable bonds is 7. The van der Waals surface area contributed by atoms with Crippen molar-refractivity contribution in [3.8, 4) is 17.3 Å². The Morgan fingerprint density at radius 2 is 1.81 bits per heavy atom. The summed E-state index contributed by atoms with van der Waals surface area (Å²) in [5.74, 6) is 0.483. The van der Waals surface area contributed by atoms with E-state index in [0.717, 1.165) is 35.3 Å². The fourth-order valence-electron chi connectivity index (χ4n) is 4.94. The first-order valence-electron chi connectivity index (χ1n) is 12.2. The summed E-state index contributed by atoms with van der Waals surface area (Å²) in [5.41, 5.74) is 3.72. The zero-order chi connectivity index (χ0) is 26.1. The minimum atomic E-state index is -0.916. The summed E-state index contributed by atoms with van der Waals surface area (Å²) < 4.78 is 8.23. The van der Waals surface area contributed by atoms with Crippen molar-refractivity contribution in [1.82, 2.24) is 25.1 Å². The highest BCUT2D eigenvalue weighted by Gasteiger charge is 2.40. The van der Waals surface area contributed by atoms with E-state index >= 15 is 0 Å². The monoisotopic (exact) mass is 489 g/mol. The number of aromatic nitrogens is 4. The van der Waals surface area contributed by atoms with Crippen LogP contribution in [0.1, 0.15) is 70.9 Å². The summed E-state index contributed by atoms with van der Waals surface area (Å²) >= 11 is 0. The zero-order valence-corrected chi connectivity index (χ0v) is 21.8. The molecule has 2 aromatic heterocycles. The van der Waals surface area contributed by atoms with Gasteiger partial charge in [0.15, 0.2) is 0 Å². The van der Waals surface area contributed by atoms with Crippen LogP contribution in [0.25, 0.3) is 11.3 Å². The van der Waals surface area contributed by atoms with Gasteiger partial charge in [-0.3, -0.25) is 10.00 Å². The van der Waals surface area contributed by atoms with Gasteiger partial charge in [0.2, 0.25) is 5.95 Å². The molecule has 1 saturated heterocycles. The maximum Gasteiger partial charge on any atom is 0.227 e. The van der Waals surface area contributed by atoms with Crippen LogP contribution < -0.4 is 10.6 Å². The van der Waals surface area contributed by atoms with E-state index in [4.69, 9.17) is 15.0 Å². The molecule has 4 rings (SSSR count). The second-order valence-electron chi connectivity index (χ2n) is 10.8. The zero-order valence-electron chi connectivity index (χ0n) is 21.8. The number of nitrogens with zero attached hydrogens (tertiary/aromatic N) is 5. The minimum absolute atomic E-state index is 0.212. The van der Waals surface area contributed by atoms with Crippen molar-refractivity contribution in [1.29, 1.82) is 5.26 Å². The van der Waals surface area contributed by atoms with E-state index in [2.05, 4.69) is 54.5 Å². The van der Waals surface area contributed by atoms with Gasteiger partial charge in [-0.1, -0.05) is 24.3 Å². The van der Waals surface area contributed by atoms with Crippen LogP contribution in [0.3, 0.4) is 0 Å². The first kappa shape index (κ1) is 25.8. The number of benzene rings is 1. The maximum absolute atomic E-state index is 10.3. The van der Waals surface area contributed by atoms with Crippen molar-refractivity contribution in [2.45, 2.75) is 83.9 Å². The van der Waals surface area contributed by atoms with Crippen molar-refractivity contribution >= 4 is 11.6 Å². The van der Waals surface area contributed by atoms with E-state index in [1.165, 1.54) is 0 Å². The molecule has 1 unspecified atom stereocenters. The van der Waals surface area contributed by atoms with Gasteiger partial charge in [-0.05, 0) is 65.5 Å². The Bertz CT molecular complexity index is 1230. The van der Waals surface area contributed by atoms with Crippen LogP contribution in [0.4, 0.5) is 11.6 Å². The molecule has 0 saturated carbocycles. The number of aliphatic hydroxyl groups excluding tert-OH is 1. The van der Waals surface area contributed by atoms with Gasteiger partial charge in [-0.25, -0.2) is 9.97 Å². The molecule has 3 heterocycles. The Kier molecular flexibility index (Phi) is 7.14. The van der Waals surface area contributed by atoms with Gasteiger partial charge in [-0.15, -0.1) is 0 Å². The lowest BCUT2D eigenvalue weighted by Gasteiger charge is -2.45. The average Bonchev–Trinajstić information content (AvgIpc) is 3.27. The lowest BCUT2D eigenvalue weighted by atomic mass is 9.85. The summed E-state index contributed by atoms with van der Waals surface area (Å²) in [7, 11) is 0. The molecule has 9 nitrogen and oxygen atoms in total. The molecule has 0 radical (unpaired) electrons. The molecule has 9 heteroatoms. The second kappa shape index (κ2) is 9.97. The van der Waals surface area contributed by atoms with Crippen LogP contribution in [0.5, 0.6) is 0 Å². The van der Waals surface area contributed by atoms with Gasteiger partial charge in [-0.2, -0.15) is 10.4 Å². The topological polar surface area (TPSA) is 121 Å². The molecule has 0 aliphatic carbocycles. The van der Waals surface area contributed by atoms with Crippen LogP contribution in [-0.4, -0.2) is 42.1 Å². The van der Waals surface area contributed by atoms with E-state index in [1.54, 1.807) is 19.3 Å². The Morgan fingerprint density at radius 1 is 1.14 bits per heavy atom. The number of hydrogen-bond donors (Lipinski definition) is 3. The second-order valence-corrected chi connectivity index (χ2v) is 10.8. The summed E-state index contributed by atoms with van der Waals surface area (Å²) in [4.78, 5) is 9.20. The minimum Gasteiger partial charge on any atom is -0.374 e. The van der Waals surface area contributed by atoms with Crippen molar-refractivity contribution in [3.05, 3.63) is 54.0 Å². The molecule has 0 bridgehead atoms. The van der Waals surface area contributed by atoms with Gasteiger partial charge < -0.3 is 15.2 Å². The lowest BCUT2D eigenvalue weighted by molar-refractivity contribution is -0.170. The highest BCUT2D eigenvalue weighted by molar-refractivity contribution is 5.65. The smallest absolute Gasteiger partial charge is 0.227 e. The van der Waals surface area contributed by atoms with Crippen molar-refractivity contribution in [3.63, 3.8) is 0 Å². The van der Waals surface area contributed by atoms with Crippen LogP contribution in [0, 0.1) is 18.3 Å². The predicted octanol–water partition coefficient (Wildman–Crippen LogP) is 4.79. The molecule has 1 fully saturated rings. The number of aliphatic hydroxyl groups is 1. The van der Waals surface area contributed by atoms with Crippen molar-refractivity contribution in [2.75, 3.05) is 5.32 Å². The molecule has 0 spiro atoms. The molecule has 36 heavy (non-hydrogen) atoms. The fourth-order valence-corrected chi connectivity index (χ4v) is 4.94. The predicted molar refractivity (Wildman–Crippen MR) is 138 cm³/mol. The molecule has 2 atom stereocenters. The van der Waals surface area contributed by atoms with Gasteiger partial charge in [0.25, 0.3) is 0 Å². The summed E-state index contributed by atoms with van der Waals surface area (Å²) in [5, 5.41) is 30.0. The number of ether oxygens (including phenoxy) is 1. The van der Waals surface area contributed by atoms with E-state index in [9.17, 15) is 5.11 Å². The highest BCUT2D eigenvalue weighted by atomic mass is 16.5. The SMILES string of the molecule is Cc1cnc(Nc2cnn(C3CC(C)(C)OC(C)(C)C3)c2)nc1-c1ccc(C(O)N[C@H](C)C#N)cc1. The van der Waals surface area contributed by atoms with Gasteiger partial charge in [0.05, 0.1) is 46.9 Å². The number of hydrogen-bond acceptors (Lipinski definition) is 8. The molecule has 3 aromatic rings. The number of aryl methyl sites for hydroxylation is 1. The third-order valence-corrected chi connectivity index (χ3v) is 6.31. The number of nitriles is 1. The van der Waals surface area contributed by atoms with Crippen molar-refractivity contribution in [2.24, 2.45) is 0 Å². The largest absolute Gasteiger partial charge is 0.374 e. The maximum atomic E-state index is 10.3. The lowest BCUT2D eigenvalue weighted by Crippen LogP contribution is -2.45. The van der Waals surface area contributed by atoms with Crippen molar-refractivity contribution < 1.29 is 9.84 Å². The standard InChI is InChI=1S/C27H35N7O2/c1-17-14-29-25(33-23(17)19-7-9-20(10-8-19)24(35)31-18(2)13-28)32-21-15-30-34(16-21)22-11-26(3,4)36-27(5,6)12-22/h7-10,14-16,18,22,24,31,35H,11-12H2,1-6H3,(H,29,32,33)/t18-,24?/m1/s1. The summed E-state index contributed by atoms with van der Waals surface area (Å²) in [6.45, 7) is 12.2. The fraction of sp³-hybridized carbons (Fsp3) is 0.481. The molecule has 190 valence electrons. The quantitative estimate of drug-likeness (QED) is 0.405. The Labute approximate surface area is 212 Å². The van der Waals surface area contributed by atoms with Gasteiger partial charge in [0.1, 0.15) is 6.23 Å². The van der Waals surface area contributed by atoms with E-state index in [-0.39, 0.29) is 17.2 Å². The number of anilines is 2. The first-order chi connectivity index (χ1) is 16.9. The van der Waals surface area contributed by atoms with Crippen LogP contribution in [-0.2, 0) is 4.74 Å². The van der Waals surface area contributed by atoms with Gasteiger partial charge >= 0.3 is 0 Å². The Morgan fingerprint density at radius 3 is 2.44 bits per heavy atom. The van der Waals surface area contributed by atoms with E-state index in [1.807, 2.05) is 42.1 Å². The molecule has 1 aromatic carbocycles. The summed E-state index contributed by atoms with van der Waals surface area (Å²) in [6, 6.07) is 9.31. The van der Waals surface area contributed by atoms with E-state index in [0.29, 0.717) is 11.5 Å². The van der Waals surface area contributed by atoms with Crippen LogP contribution >= 0.6 is 0 Å². The summed E-state index contributed by atoms with van der Waals surface area (Å²) in [6.07, 6.45) is 6.44. The third-order valence-electron chi connectivity index (χ3n) is 6.31. The first-order valence-corrected chi connectivity index (χ1v) is 12.2. The van der Waals surface area contributed by atoms with Crippen LogP contribution in [0.15, 0.2) is 42.9 Å². The molecular formula is C27H35N7O2. The molecule has 3 N–H and O–H groups in total. The Hall–Kier alpha value is -3.32. The van der Waals surface area contributed by atoms with Crippen LogP contribution in [0.2, 0.25) is 0 Å². The highest BCUT2D eigenvalue weighted by Crippen LogP contribution is 2.40. The average molecular weight is 490 g/mol. The third kappa shape index (κ3) is 6.08. The molecule has 1 aliphatic heterocycles. The Balaban J connectivity index is 1.49. The van der Waals surface area contributed by atoms with E-state index < -0.39 is 12.3 Å². The normalized spacial score (nSPS) is 18.8. The molecular weight excluding hydrogens is 454 g/mol. The molecule has 1 aliphatic rings. The molecule has 0 amide bonds. The number of nitrogens with one attached hydrogen (secondary N) is 2. The van der Waals surface area contributed by atoms with Gasteiger partial charge in [0, 0.05) is 18.0 Å².